The molecule has 2 rings (SSSR count). The smallest absolute Gasteiger partial charge is 0.306 e. The van der Waals surface area contributed by atoms with Crippen molar-refractivity contribution in [3.8, 4) is 0 Å². The second kappa shape index (κ2) is 12.8. The van der Waals surface area contributed by atoms with Crippen LogP contribution in [0.25, 0.3) is 0 Å². The SMILES string of the molecule is CC(C)C(O)CC1CCCC(C(=O)O)C1.CC1CCCN(CC(O)C(C)C)C1. The van der Waals surface area contributed by atoms with Crippen molar-refractivity contribution in [3.05, 3.63) is 0 Å². The summed E-state index contributed by atoms with van der Waals surface area (Å²) in [6.45, 7) is 13.7. The summed E-state index contributed by atoms with van der Waals surface area (Å²) < 4.78 is 0. The Bertz CT molecular complexity index is 440. The highest BCUT2D eigenvalue weighted by Gasteiger charge is 2.28. The maximum atomic E-state index is 10.9. The highest BCUT2D eigenvalue weighted by molar-refractivity contribution is 5.70. The first-order valence-electron chi connectivity index (χ1n) is 11.4. The Balaban J connectivity index is 0.000000283. The molecule has 0 aromatic rings. The second-order valence-corrected chi connectivity index (χ2v) is 9.93. The summed E-state index contributed by atoms with van der Waals surface area (Å²) in [4.78, 5) is 13.3. The number of aliphatic hydroxyl groups is 2. The zero-order valence-corrected chi connectivity index (χ0v) is 18.8. The van der Waals surface area contributed by atoms with Gasteiger partial charge in [0, 0.05) is 13.1 Å². The maximum Gasteiger partial charge on any atom is 0.306 e. The van der Waals surface area contributed by atoms with Crippen molar-refractivity contribution >= 4 is 5.97 Å². The van der Waals surface area contributed by atoms with E-state index in [1.165, 1.54) is 25.9 Å². The number of carboxylic acid groups (broad SMARTS) is 1. The first kappa shape index (κ1) is 25.4. The van der Waals surface area contributed by atoms with Crippen LogP contribution in [0.3, 0.4) is 0 Å². The van der Waals surface area contributed by atoms with Crippen LogP contribution in [-0.2, 0) is 4.79 Å². The van der Waals surface area contributed by atoms with E-state index >= 15 is 0 Å². The summed E-state index contributed by atoms with van der Waals surface area (Å²) in [5.41, 5.74) is 0. The van der Waals surface area contributed by atoms with Gasteiger partial charge in [0.25, 0.3) is 0 Å². The Hall–Kier alpha value is -0.650. The van der Waals surface area contributed by atoms with E-state index in [0.29, 0.717) is 11.8 Å². The Kier molecular flexibility index (Phi) is 11.6. The van der Waals surface area contributed by atoms with Crippen molar-refractivity contribution < 1.29 is 20.1 Å². The first-order chi connectivity index (χ1) is 13.1. The minimum absolute atomic E-state index is 0.148. The number of aliphatic hydroxyl groups excluding tert-OH is 2. The van der Waals surface area contributed by atoms with Gasteiger partial charge in [0.1, 0.15) is 0 Å². The van der Waals surface area contributed by atoms with E-state index in [0.717, 1.165) is 44.6 Å². The van der Waals surface area contributed by atoms with Crippen molar-refractivity contribution in [2.45, 2.75) is 91.8 Å². The van der Waals surface area contributed by atoms with Crippen LogP contribution in [-0.4, -0.2) is 58.0 Å². The van der Waals surface area contributed by atoms with Gasteiger partial charge in [0.15, 0.2) is 0 Å². The van der Waals surface area contributed by atoms with Gasteiger partial charge in [0.05, 0.1) is 18.1 Å². The molecule has 1 aliphatic heterocycles. The maximum absolute atomic E-state index is 10.9. The number of aliphatic carboxylic acids is 1. The summed E-state index contributed by atoms with van der Waals surface area (Å²) >= 11 is 0. The Morgan fingerprint density at radius 2 is 1.64 bits per heavy atom. The van der Waals surface area contributed by atoms with E-state index in [2.05, 4.69) is 25.7 Å². The molecule has 3 N–H and O–H groups in total. The molecule has 0 bridgehead atoms. The lowest BCUT2D eigenvalue weighted by molar-refractivity contribution is -0.143. The van der Waals surface area contributed by atoms with Gasteiger partial charge in [-0.15, -0.1) is 0 Å². The van der Waals surface area contributed by atoms with E-state index in [-0.39, 0.29) is 24.0 Å². The number of likely N-dealkylation sites (tertiary alicyclic amines) is 1. The van der Waals surface area contributed by atoms with E-state index < -0.39 is 5.97 Å². The van der Waals surface area contributed by atoms with Crippen LogP contribution in [0.4, 0.5) is 0 Å². The molecule has 2 fully saturated rings. The number of piperidine rings is 1. The third kappa shape index (κ3) is 9.71. The monoisotopic (exact) mass is 399 g/mol. The average Bonchev–Trinajstić information content (AvgIpc) is 2.62. The predicted molar refractivity (Wildman–Crippen MR) is 114 cm³/mol. The minimum atomic E-state index is -0.668. The molecule has 5 nitrogen and oxygen atoms in total. The van der Waals surface area contributed by atoms with Gasteiger partial charge in [-0.3, -0.25) is 4.79 Å². The molecule has 1 heterocycles. The summed E-state index contributed by atoms with van der Waals surface area (Å²) in [6, 6.07) is 0. The Labute approximate surface area is 172 Å². The zero-order chi connectivity index (χ0) is 21.3. The molecule has 1 saturated heterocycles. The molecule has 0 radical (unpaired) electrons. The summed E-state index contributed by atoms with van der Waals surface area (Å²) in [7, 11) is 0. The van der Waals surface area contributed by atoms with Gasteiger partial charge < -0.3 is 20.2 Å². The Morgan fingerprint density at radius 1 is 1.00 bits per heavy atom. The van der Waals surface area contributed by atoms with E-state index in [9.17, 15) is 15.0 Å². The molecule has 2 aliphatic rings. The highest BCUT2D eigenvalue weighted by Crippen LogP contribution is 2.32. The van der Waals surface area contributed by atoms with Gasteiger partial charge in [-0.2, -0.15) is 0 Å². The number of carboxylic acids is 1. The van der Waals surface area contributed by atoms with Gasteiger partial charge in [-0.05, 0) is 62.3 Å². The van der Waals surface area contributed by atoms with Crippen LogP contribution in [0.15, 0.2) is 0 Å². The van der Waals surface area contributed by atoms with Gasteiger partial charge in [-0.1, -0.05) is 47.5 Å². The van der Waals surface area contributed by atoms with Crippen LogP contribution in [0.2, 0.25) is 0 Å². The molecule has 166 valence electrons. The lowest BCUT2D eigenvalue weighted by Gasteiger charge is -2.33. The van der Waals surface area contributed by atoms with Crippen LogP contribution < -0.4 is 0 Å². The number of nitrogens with zero attached hydrogens (tertiary/aromatic N) is 1. The molecule has 0 amide bonds. The van der Waals surface area contributed by atoms with Crippen molar-refractivity contribution in [1.82, 2.24) is 4.90 Å². The molecule has 0 aromatic heterocycles. The third-order valence-corrected chi connectivity index (χ3v) is 6.43. The number of rotatable bonds is 7. The fraction of sp³-hybridized carbons (Fsp3) is 0.957. The lowest BCUT2D eigenvalue weighted by atomic mass is 9.78. The predicted octanol–water partition coefficient (Wildman–Crippen LogP) is 4.02. The average molecular weight is 400 g/mol. The number of hydrogen-bond acceptors (Lipinski definition) is 4. The first-order valence-corrected chi connectivity index (χ1v) is 11.4. The standard InChI is InChI=1S/C12H22O3.C11H23NO/c1-8(2)11(13)7-9-4-3-5-10(6-9)12(14)15;1-9(2)11(13)8-12-6-4-5-10(3)7-12/h8-11,13H,3-7H2,1-2H3,(H,14,15);9-11,13H,4-8H2,1-3H3. The zero-order valence-electron chi connectivity index (χ0n) is 18.8. The van der Waals surface area contributed by atoms with Crippen molar-refractivity contribution in [2.24, 2.45) is 29.6 Å². The van der Waals surface area contributed by atoms with E-state index in [1.54, 1.807) is 0 Å². The van der Waals surface area contributed by atoms with Crippen molar-refractivity contribution in [2.75, 3.05) is 19.6 Å². The molecule has 1 aliphatic carbocycles. The number of hydrogen-bond donors (Lipinski definition) is 3. The summed E-state index contributed by atoms with van der Waals surface area (Å²) in [5.74, 6) is 1.03. The highest BCUT2D eigenvalue weighted by atomic mass is 16.4. The molecule has 1 saturated carbocycles. The molecular weight excluding hydrogens is 354 g/mol. The molecule has 0 spiro atoms. The third-order valence-electron chi connectivity index (χ3n) is 6.43. The van der Waals surface area contributed by atoms with Crippen molar-refractivity contribution in [3.63, 3.8) is 0 Å². The summed E-state index contributed by atoms with van der Waals surface area (Å²) in [5, 5.41) is 28.4. The normalized spacial score (nSPS) is 28.5. The fourth-order valence-electron chi connectivity index (χ4n) is 4.27. The number of carbonyl (C=O) groups is 1. The van der Waals surface area contributed by atoms with E-state index in [4.69, 9.17) is 5.11 Å². The molecular formula is C23H45NO4. The van der Waals surface area contributed by atoms with Gasteiger partial charge >= 0.3 is 5.97 Å². The van der Waals surface area contributed by atoms with Crippen molar-refractivity contribution in [1.29, 1.82) is 0 Å². The largest absolute Gasteiger partial charge is 0.481 e. The van der Waals surface area contributed by atoms with Crippen LogP contribution in [0, 0.1) is 29.6 Å². The van der Waals surface area contributed by atoms with Crippen LogP contribution in [0.5, 0.6) is 0 Å². The van der Waals surface area contributed by atoms with E-state index in [1.807, 2.05) is 13.8 Å². The van der Waals surface area contributed by atoms with Crippen LogP contribution in [0.1, 0.15) is 79.6 Å². The quantitative estimate of drug-likeness (QED) is 0.602. The molecule has 5 heteroatoms. The molecule has 5 unspecified atom stereocenters. The van der Waals surface area contributed by atoms with Gasteiger partial charge in [-0.25, -0.2) is 0 Å². The molecule has 5 atom stereocenters. The van der Waals surface area contributed by atoms with Gasteiger partial charge in [0.2, 0.25) is 0 Å². The second-order valence-electron chi connectivity index (χ2n) is 9.93. The number of β-amino-alcohol motifs (C(OH)–C–C–N with tert-alkyl or cyclic N) is 1. The lowest BCUT2D eigenvalue weighted by Crippen LogP contribution is -2.40. The molecule has 28 heavy (non-hydrogen) atoms. The molecule has 0 aromatic carbocycles. The minimum Gasteiger partial charge on any atom is -0.481 e. The van der Waals surface area contributed by atoms with Crippen LogP contribution >= 0.6 is 0 Å². The topological polar surface area (TPSA) is 81.0 Å². The fourth-order valence-corrected chi connectivity index (χ4v) is 4.27. The Morgan fingerprint density at radius 3 is 2.18 bits per heavy atom. The summed E-state index contributed by atoms with van der Waals surface area (Å²) in [6.07, 6.45) is 6.62.